The number of carbonyl (C=O) groups excluding carboxylic acids is 1. The third kappa shape index (κ3) is 3.94. The number of amides is 1. The highest BCUT2D eigenvalue weighted by Crippen LogP contribution is 2.35. The minimum absolute atomic E-state index is 0.128. The molecule has 1 aliphatic heterocycles. The second kappa shape index (κ2) is 7.59. The number of fused-ring (bicyclic) bond motifs is 1. The lowest BCUT2D eigenvalue weighted by Gasteiger charge is -2.34. The molecule has 0 spiro atoms. The number of hydrogen-bond acceptors (Lipinski definition) is 3. The highest BCUT2D eigenvalue weighted by atomic mass is 19.4. The molecule has 0 atom stereocenters. The fraction of sp³-hybridized carbons (Fsp3) is 0.318. The number of nitrogens with one attached hydrogen (secondary N) is 1. The first kappa shape index (κ1) is 20.1. The summed E-state index contributed by atoms with van der Waals surface area (Å²) in [5.74, 6) is -1.68. The van der Waals surface area contributed by atoms with Gasteiger partial charge in [-0.15, -0.1) is 0 Å². The quantitative estimate of drug-likeness (QED) is 0.642. The maximum absolute atomic E-state index is 12.8. The van der Waals surface area contributed by atoms with Gasteiger partial charge in [-0.2, -0.15) is 13.2 Å². The van der Waals surface area contributed by atoms with Gasteiger partial charge in [-0.1, -0.05) is 0 Å². The van der Waals surface area contributed by atoms with Gasteiger partial charge in [0.2, 0.25) is 0 Å². The largest absolute Gasteiger partial charge is 0.391 e. The molecule has 0 saturated carbocycles. The Hall–Kier alpha value is -3.16. The highest BCUT2D eigenvalue weighted by molar-refractivity contribution is 6.07. The van der Waals surface area contributed by atoms with E-state index in [2.05, 4.69) is 5.32 Å². The summed E-state index contributed by atoms with van der Waals surface area (Å²) in [6.07, 6.45) is -2.13. The third-order valence-electron chi connectivity index (χ3n) is 5.73. The molecule has 1 amide bonds. The minimum Gasteiger partial charge on any atom is -0.372 e. The van der Waals surface area contributed by atoms with Crippen LogP contribution in [0.3, 0.4) is 0 Å². The van der Waals surface area contributed by atoms with E-state index in [-0.39, 0.29) is 12.8 Å². The molecule has 0 aliphatic carbocycles. The van der Waals surface area contributed by atoms with E-state index in [1.807, 2.05) is 59.0 Å². The molecule has 30 heavy (non-hydrogen) atoms. The summed E-state index contributed by atoms with van der Waals surface area (Å²) in [6, 6.07) is 13.3. The number of primary amides is 1. The maximum Gasteiger partial charge on any atom is 0.391 e. The summed E-state index contributed by atoms with van der Waals surface area (Å²) in [7, 11) is 1.86. The monoisotopic (exact) mass is 416 g/mol. The molecule has 8 heteroatoms. The molecule has 0 bridgehead atoms. The Morgan fingerprint density at radius 2 is 1.70 bits per heavy atom. The first-order valence-corrected chi connectivity index (χ1v) is 9.80. The number of rotatable bonds is 4. The number of nitrogens with two attached hydrogens (primary N) is 1. The van der Waals surface area contributed by atoms with Crippen LogP contribution in [0.5, 0.6) is 0 Å². The van der Waals surface area contributed by atoms with Crippen LogP contribution in [0.1, 0.15) is 23.2 Å². The number of hydrogen-bond donors (Lipinski definition) is 2. The van der Waals surface area contributed by atoms with Crippen molar-refractivity contribution in [3.8, 4) is 0 Å². The van der Waals surface area contributed by atoms with E-state index >= 15 is 0 Å². The van der Waals surface area contributed by atoms with Gasteiger partial charge >= 0.3 is 6.18 Å². The Kier molecular flexibility index (Phi) is 5.09. The number of nitrogens with zero attached hydrogens (tertiary/aromatic N) is 2. The highest BCUT2D eigenvalue weighted by Gasteiger charge is 2.41. The van der Waals surface area contributed by atoms with Crippen LogP contribution in [0.4, 0.5) is 30.2 Å². The smallest absolute Gasteiger partial charge is 0.372 e. The van der Waals surface area contributed by atoms with Crippen LogP contribution in [-0.2, 0) is 7.05 Å². The Morgan fingerprint density at radius 1 is 1.07 bits per heavy atom. The van der Waals surface area contributed by atoms with E-state index in [9.17, 15) is 18.0 Å². The zero-order valence-corrected chi connectivity index (χ0v) is 16.5. The Morgan fingerprint density at radius 3 is 2.30 bits per heavy atom. The Balaban J connectivity index is 1.46. The number of aromatic nitrogens is 1. The molecule has 1 saturated heterocycles. The molecule has 3 N–H and O–H groups in total. The van der Waals surface area contributed by atoms with Crippen molar-refractivity contribution in [1.82, 2.24) is 4.57 Å². The van der Waals surface area contributed by atoms with Crippen molar-refractivity contribution in [3.05, 3.63) is 54.2 Å². The molecule has 2 aromatic carbocycles. The number of carbonyl (C=O) groups is 1. The van der Waals surface area contributed by atoms with Gasteiger partial charge in [0, 0.05) is 54.3 Å². The topological polar surface area (TPSA) is 63.3 Å². The summed E-state index contributed by atoms with van der Waals surface area (Å²) in [5, 5.41) is 4.08. The van der Waals surface area contributed by atoms with Gasteiger partial charge in [0.15, 0.2) is 0 Å². The van der Waals surface area contributed by atoms with Crippen LogP contribution in [-0.4, -0.2) is 29.7 Å². The summed E-state index contributed by atoms with van der Waals surface area (Å²) < 4.78 is 40.4. The van der Waals surface area contributed by atoms with Gasteiger partial charge in [0.25, 0.3) is 5.91 Å². The molecular weight excluding hydrogens is 393 g/mol. The Labute approximate surface area is 172 Å². The molecule has 1 aliphatic rings. The number of alkyl halides is 3. The van der Waals surface area contributed by atoms with Crippen molar-refractivity contribution >= 4 is 33.9 Å². The number of piperidine rings is 1. The standard InChI is InChI=1S/C22H23F3N4O/c1-28-13-19(21(26)30)18-12-16(4-7-20(18)28)27-15-2-5-17(6-3-15)29-10-8-14(9-11-29)22(23,24)25/h2-7,12-14,27H,8-11H2,1H3,(H2,26,30). The molecule has 3 aromatic rings. The van der Waals surface area contributed by atoms with E-state index in [1.165, 1.54) is 0 Å². The van der Waals surface area contributed by atoms with Gasteiger partial charge in [-0.05, 0) is 55.3 Å². The van der Waals surface area contributed by atoms with Crippen LogP contribution in [0.25, 0.3) is 10.9 Å². The summed E-state index contributed by atoms with van der Waals surface area (Å²) >= 11 is 0. The van der Waals surface area contributed by atoms with Crippen LogP contribution in [0.15, 0.2) is 48.7 Å². The van der Waals surface area contributed by atoms with E-state index in [1.54, 1.807) is 6.20 Å². The van der Waals surface area contributed by atoms with Gasteiger partial charge in [0.05, 0.1) is 11.5 Å². The molecule has 0 radical (unpaired) electrons. The number of anilines is 3. The molecule has 1 aromatic heterocycles. The fourth-order valence-corrected chi connectivity index (χ4v) is 4.05. The van der Waals surface area contributed by atoms with E-state index in [0.29, 0.717) is 18.7 Å². The third-order valence-corrected chi connectivity index (χ3v) is 5.73. The lowest BCUT2D eigenvalue weighted by Crippen LogP contribution is -2.38. The fourth-order valence-electron chi connectivity index (χ4n) is 4.05. The van der Waals surface area contributed by atoms with Crippen molar-refractivity contribution in [2.24, 2.45) is 18.7 Å². The normalized spacial score (nSPS) is 15.5. The summed E-state index contributed by atoms with van der Waals surface area (Å²) in [4.78, 5) is 13.7. The second-order valence-electron chi connectivity index (χ2n) is 7.72. The molecular formula is C22H23F3N4O. The zero-order valence-electron chi connectivity index (χ0n) is 16.5. The molecule has 2 heterocycles. The first-order valence-electron chi connectivity index (χ1n) is 9.80. The summed E-state index contributed by atoms with van der Waals surface area (Å²) in [5.41, 5.74) is 9.43. The molecule has 158 valence electrons. The van der Waals surface area contributed by atoms with Gasteiger partial charge in [0.1, 0.15) is 0 Å². The SMILES string of the molecule is Cn1cc(C(N)=O)c2cc(Nc3ccc(N4CCC(C(F)(F)F)CC4)cc3)ccc21. The minimum atomic E-state index is -4.10. The van der Waals surface area contributed by atoms with Crippen molar-refractivity contribution in [1.29, 1.82) is 0 Å². The number of benzene rings is 2. The molecule has 1 fully saturated rings. The molecule has 4 rings (SSSR count). The van der Waals surface area contributed by atoms with Crippen molar-refractivity contribution in [3.63, 3.8) is 0 Å². The van der Waals surface area contributed by atoms with Gasteiger partial charge < -0.3 is 20.5 Å². The summed E-state index contributed by atoms with van der Waals surface area (Å²) in [6.45, 7) is 0.801. The van der Waals surface area contributed by atoms with E-state index < -0.39 is 18.0 Å². The van der Waals surface area contributed by atoms with Crippen LogP contribution < -0.4 is 16.0 Å². The van der Waals surface area contributed by atoms with Gasteiger partial charge in [-0.3, -0.25) is 4.79 Å². The molecule has 5 nitrogen and oxygen atoms in total. The lowest BCUT2D eigenvalue weighted by atomic mass is 9.96. The van der Waals surface area contributed by atoms with Crippen LogP contribution in [0.2, 0.25) is 0 Å². The zero-order chi connectivity index (χ0) is 21.5. The maximum atomic E-state index is 12.8. The first-order chi connectivity index (χ1) is 14.2. The van der Waals surface area contributed by atoms with Crippen LogP contribution >= 0.6 is 0 Å². The average Bonchev–Trinajstić information content (AvgIpc) is 3.04. The van der Waals surface area contributed by atoms with Crippen LogP contribution in [0, 0.1) is 5.92 Å². The van der Waals surface area contributed by atoms with Crippen molar-refractivity contribution in [2.45, 2.75) is 19.0 Å². The lowest BCUT2D eigenvalue weighted by molar-refractivity contribution is -0.179. The predicted octanol–water partition coefficient (Wildman–Crippen LogP) is 4.80. The average molecular weight is 416 g/mol. The predicted molar refractivity (Wildman–Crippen MR) is 112 cm³/mol. The van der Waals surface area contributed by atoms with E-state index in [0.717, 1.165) is 28.0 Å². The van der Waals surface area contributed by atoms with Crippen molar-refractivity contribution in [2.75, 3.05) is 23.3 Å². The molecule has 0 unspecified atom stereocenters. The van der Waals surface area contributed by atoms with Crippen molar-refractivity contribution < 1.29 is 18.0 Å². The van der Waals surface area contributed by atoms with Gasteiger partial charge in [-0.25, -0.2) is 0 Å². The second-order valence-corrected chi connectivity index (χ2v) is 7.72. The van der Waals surface area contributed by atoms with E-state index in [4.69, 9.17) is 5.73 Å². The number of aryl methyl sites for hydroxylation is 1. The Bertz CT molecular complexity index is 1060. The number of halogens is 3.